The summed E-state index contributed by atoms with van der Waals surface area (Å²) in [6.45, 7) is 0.990. The zero-order valence-corrected chi connectivity index (χ0v) is 16.8. The molecular formula is C21H24F2N2O3S. The van der Waals surface area contributed by atoms with E-state index < -0.39 is 15.8 Å². The SMILES string of the molecule is O=C(CCC1CCN(S(=O)(=O)c2cccc(F)c2)CC1)NCc1cccc(F)c1. The lowest BCUT2D eigenvalue weighted by atomic mass is 9.93. The molecular weight excluding hydrogens is 398 g/mol. The molecule has 29 heavy (non-hydrogen) atoms. The summed E-state index contributed by atoms with van der Waals surface area (Å²) in [5.41, 5.74) is 0.703. The Bertz CT molecular complexity index is 958. The van der Waals surface area contributed by atoms with Crippen LogP contribution in [0.25, 0.3) is 0 Å². The zero-order chi connectivity index (χ0) is 20.9. The number of nitrogens with one attached hydrogen (secondary N) is 1. The highest BCUT2D eigenvalue weighted by Gasteiger charge is 2.29. The van der Waals surface area contributed by atoms with E-state index in [4.69, 9.17) is 0 Å². The number of piperidine rings is 1. The Morgan fingerprint density at radius 1 is 1.03 bits per heavy atom. The highest BCUT2D eigenvalue weighted by molar-refractivity contribution is 7.89. The maximum atomic E-state index is 13.4. The summed E-state index contributed by atoms with van der Waals surface area (Å²) >= 11 is 0. The van der Waals surface area contributed by atoms with Gasteiger partial charge in [-0.15, -0.1) is 0 Å². The monoisotopic (exact) mass is 422 g/mol. The molecule has 1 aliphatic rings. The number of rotatable bonds is 7. The van der Waals surface area contributed by atoms with Gasteiger partial charge in [0.05, 0.1) is 4.90 Å². The van der Waals surface area contributed by atoms with E-state index in [2.05, 4.69) is 5.32 Å². The van der Waals surface area contributed by atoms with Gasteiger partial charge in [0.25, 0.3) is 0 Å². The van der Waals surface area contributed by atoms with Gasteiger partial charge in [-0.3, -0.25) is 4.79 Å². The largest absolute Gasteiger partial charge is 0.352 e. The van der Waals surface area contributed by atoms with Crippen LogP contribution in [0.3, 0.4) is 0 Å². The molecule has 0 aliphatic carbocycles. The number of benzene rings is 2. The lowest BCUT2D eigenvalue weighted by molar-refractivity contribution is -0.121. The van der Waals surface area contributed by atoms with E-state index in [0.717, 1.165) is 6.07 Å². The molecule has 0 atom stereocenters. The minimum absolute atomic E-state index is 0.0346. The molecule has 0 saturated carbocycles. The molecule has 3 rings (SSSR count). The number of hydrogen-bond acceptors (Lipinski definition) is 3. The number of sulfonamides is 1. The molecule has 1 amide bonds. The minimum atomic E-state index is -3.70. The predicted octanol–water partition coefficient (Wildman–Crippen LogP) is 3.46. The van der Waals surface area contributed by atoms with Crippen LogP contribution in [-0.2, 0) is 21.4 Å². The number of amides is 1. The second-order valence-corrected chi connectivity index (χ2v) is 9.19. The normalized spacial score (nSPS) is 15.9. The van der Waals surface area contributed by atoms with Crippen LogP contribution >= 0.6 is 0 Å². The molecule has 1 fully saturated rings. The Hall–Kier alpha value is -2.32. The molecule has 0 unspecified atom stereocenters. The lowest BCUT2D eigenvalue weighted by Gasteiger charge is -2.31. The Morgan fingerprint density at radius 2 is 1.69 bits per heavy atom. The number of hydrogen-bond donors (Lipinski definition) is 1. The van der Waals surface area contributed by atoms with E-state index >= 15 is 0 Å². The van der Waals surface area contributed by atoms with Gasteiger partial charge in [0.1, 0.15) is 11.6 Å². The van der Waals surface area contributed by atoms with Gasteiger partial charge in [0.2, 0.25) is 15.9 Å². The van der Waals surface area contributed by atoms with Gasteiger partial charge in [-0.25, -0.2) is 17.2 Å². The van der Waals surface area contributed by atoms with Crippen LogP contribution in [0.1, 0.15) is 31.2 Å². The number of halogens is 2. The first kappa shape index (κ1) is 21.4. The molecule has 1 N–H and O–H groups in total. The summed E-state index contributed by atoms with van der Waals surface area (Å²) in [6, 6.07) is 11.1. The summed E-state index contributed by atoms with van der Waals surface area (Å²) in [7, 11) is -3.70. The average molecular weight is 422 g/mol. The Kier molecular flexibility index (Phi) is 6.97. The quantitative estimate of drug-likeness (QED) is 0.743. The molecule has 1 aliphatic heterocycles. The van der Waals surface area contributed by atoms with Crippen molar-refractivity contribution in [3.8, 4) is 0 Å². The summed E-state index contributed by atoms with van der Waals surface area (Å²) < 4.78 is 53.1. The van der Waals surface area contributed by atoms with Gasteiger partial charge in [0, 0.05) is 26.1 Å². The van der Waals surface area contributed by atoms with Gasteiger partial charge in [-0.2, -0.15) is 4.31 Å². The Labute approximate surface area is 169 Å². The zero-order valence-electron chi connectivity index (χ0n) is 16.0. The summed E-state index contributed by atoms with van der Waals surface area (Å²) in [6.07, 6.45) is 2.33. The number of carbonyl (C=O) groups is 1. The molecule has 0 radical (unpaired) electrons. The van der Waals surface area contributed by atoms with E-state index in [1.54, 1.807) is 12.1 Å². The molecule has 2 aromatic rings. The van der Waals surface area contributed by atoms with Crippen molar-refractivity contribution in [2.75, 3.05) is 13.1 Å². The number of nitrogens with zero attached hydrogens (tertiary/aromatic N) is 1. The van der Waals surface area contributed by atoms with E-state index in [-0.39, 0.29) is 29.1 Å². The van der Waals surface area contributed by atoms with Crippen molar-refractivity contribution >= 4 is 15.9 Å². The molecule has 0 spiro atoms. The number of carbonyl (C=O) groups excluding carboxylic acids is 1. The first-order valence-electron chi connectivity index (χ1n) is 9.61. The molecule has 5 nitrogen and oxygen atoms in total. The predicted molar refractivity (Wildman–Crippen MR) is 105 cm³/mol. The van der Waals surface area contributed by atoms with E-state index in [9.17, 15) is 22.0 Å². The highest BCUT2D eigenvalue weighted by atomic mass is 32.2. The van der Waals surface area contributed by atoms with Gasteiger partial charge in [0.15, 0.2) is 0 Å². The van der Waals surface area contributed by atoms with E-state index in [1.807, 2.05) is 0 Å². The molecule has 2 aromatic carbocycles. The second kappa shape index (κ2) is 9.45. The maximum Gasteiger partial charge on any atom is 0.243 e. The summed E-state index contributed by atoms with van der Waals surface area (Å²) in [5, 5.41) is 2.78. The first-order chi connectivity index (χ1) is 13.8. The summed E-state index contributed by atoms with van der Waals surface area (Å²) in [4.78, 5) is 12.0. The van der Waals surface area contributed by atoms with E-state index in [0.29, 0.717) is 44.3 Å². The first-order valence-corrected chi connectivity index (χ1v) is 11.1. The van der Waals surface area contributed by atoms with Gasteiger partial charge >= 0.3 is 0 Å². The topological polar surface area (TPSA) is 66.5 Å². The van der Waals surface area contributed by atoms with Crippen LogP contribution in [0, 0.1) is 17.6 Å². The van der Waals surface area contributed by atoms with Crippen molar-refractivity contribution in [3.05, 3.63) is 65.7 Å². The third-order valence-electron chi connectivity index (χ3n) is 5.17. The molecule has 0 bridgehead atoms. The van der Waals surface area contributed by atoms with Gasteiger partial charge < -0.3 is 5.32 Å². The van der Waals surface area contributed by atoms with Crippen molar-refractivity contribution in [2.24, 2.45) is 5.92 Å². The van der Waals surface area contributed by atoms with E-state index in [1.165, 1.54) is 34.6 Å². The lowest BCUT2D eigenvalue weighted by Crippen LogP contribution is -2.38. The Balaban J connectivity index is 1.43. The van der Waals surface area contributed by atoms with Gasteiger partial charge in [-0.1, -0.05) is 18.2 Å². The van der Waals surface area contributed by atoms with Crippen molar-refractivity contribution in [3.63, 3.8) is 0 Å². The van der Waals surface area contributed by atoms with Crippen molar-refractivity contribution in [1.29, 1.82) is 0 Å². The van der Waals surface area contributed by atoms with Crippen LogP contribution in [0.15, 0.2) is 53.4 Å². The van der Waals surface area contributed by atoms with Crippen LogP contribution in [0.2, 0.25) is 0 Å². The molecule has 0 aromatic heterocycles. The third-order valence-corrected chi connectivity index (χ3v) is 7.06. The highest BCUT2D eigenvalue weighted by Crippen LogP contribution is 2.26. The molecule has 1 heterocycles. The molecule has 8 heteroatoms. The summed E-state index contributed by atoms with van der Waals surface area (Å²) in [5.74, 6) is -0.764. The van der Waals surface area contributed by atoms with Crippen LogP contribution in [0.5, 0.6) is 0 Å². The van der Waals surface area contributed by atoms with Gasteiger partial charge in [-0.05, 0) is 61.1 Å². The average Bonchev–Trinajstić information content (AvgIpc) is 2.71. The Morgan fingerprint density at radius 3 is 2.34 bits per heavy atom. The second-order valence-electron chi connectivity index (χ2n) is 7.25. The third kappa shape index (κ3) is 5.83. The minimum Gasteiger partial charge on any atom is -0.352 e. The fourth-order valence-electron chi connectivity index (χ4n) is 3.49. The molecule has 1 saturated heterocycles. The van der Waals surface area contributed by atoms with Crippen LogP contribution < -0.4 is 5.32 Å². The van der Waals surface area contributed by atoms with Crippen molar-refractivity contribution in [2.45, 2.75) is 37.1 Å². The van der Waals surface area contributed by atoms with Crippen LogP contribution in [-0.4, -0.2) is 31.7 Å². The fraction of sp³-hybridized carbons (Fsp3) is 0.381. The molecule has 156 valence electrons. The fourth-order valence-corrected chi connectivity index (χ4v) is 4.99. The smallest absolute Gasteiger partial charge is 0.243 e. The van der Waals surface area contributed by atoms with Crippen LogP contribution in [0.4, 0.5) is 8.78 Å². The maximum absolute atomic E-state index is 13.4. The van der Waals surface area contributed by atoms with Crippen molar-refractivity contribution < 1.29 is 22.0 Å². The standard InChI is InChI=1S/C21H24F2N2O3S/c22-18-4-1-3-17(13-18)15-24-21(26)8-7-16-9-11-25(12-10-16)29(27,28)20-6-2-5-19(23)14-20/h1-6,13-14,16H,7-12,15H2,(H,24,26). The van der Waals surface area contributed by atoms with Crippen molar-refractivity contribution in [1.82, 2.24) is 9.62 Å².